The lowest BCUT2D eigenvalue weighted by atomic mass is 10.3. The van der Waals surface area contributed by atoms with Crippen molar-refractivity contribution in [3.8, 4) is 0 Å². The van der Waals surface area contributed by atoms with E-state index in [0.29, 0.717) is 35.4 Å². The fourth-order valence-corrected chi connectivity index (χ4v) is 2.73. The summed E-state index contributed by atoms with van der Waals surface area (Å²) in [5, 5.41) is 17.9. The molecule has 1 aromatic carbocycles. The summed E-state index contributed by atoms with van der Waals surface area (Å²) in [6.07, 6.45) is 3.17. The smallest absolute Gasteiger partial charge is 0.233 e. The van der Waals surface area contributed by atoms with Gasteiger partial charge in [0.25, 0.3) is 0 Å². The fraction of sp³-hybridized carbons (Fsp3) is 0.294. The molecule has 0 bridgehead atoms. The maximum absolute atomic E-state index is 11.1. The Morgan fingerprint density at radius 2 is 2.04 bits per heavy atom. The molecule has 6 N–H and O–H groups in total. The number of rotatable bonds is 9. The first-order chi connectivity index (χ1) is 13.2. The van der Waals surface area contributed by atoms with Crippen molar-refractivity contribution in [2.45, 2.75) is 12.8 Å². The predicted molar refractivity (Wildman–Crippen MR) is 106 cm³/mol. The van der Waals surface area contributed by atoms with Gasteiger partial charge in [-0.1, -0.05) is 17.7 Å². The Morgan fingerprint density at radius 1 is 1.19 bits per heavy atom. The van der Waals surface area contributed by atoms with Crippen LogP contribution in [0.15, 0.2) is 30.6 Å². The quantitative estimate of drug-likeness (QED) is 0.354. The van der Waals surface area contributed by atoms with Gasteiger partial charge in [0.05, 0.1) is 6.54 Å². The molecule has 0 atom stereocenters. The van der Waals surface area contributed by atoms with Gasteiger partial charge in [0, 0.05) is 23.8 Å². The molecule has 9 nitrogen and oxygen atoms in total. The van der Waals surface area contributed by atoms with Crippen LogP contribution in [-0.2, 0) is 4.79 Å². The molecule has 142 valence electrons. The minimum absolute atomic E-state index is 0.0138. The lowest BCUT2D eigenvalue weighted by Gasteiger charge is -2.09. The van der Waals surface area contributed by atoms with Crippen molar-refractivity contribution in [1.82, 2.24) is 25.5 Å². The van der Waals surface area contributed by atoms with Crippen LogP contribution in [0.5, 0.6) is 0 Å². The van der Waals surface area contributed by atoms with Gasteiger partial charge in [0.2, 0.25) is 5.91 Å². The topological polar surface area (TPSA) is 134 Å². The van der Waals surface area contributed by atoms with E-state index in [9.17, 15) is 4.79 Å². The van der Waals surface area contributed by atoms with Crippen LogP contribution in [-0.4, -0.2) is 45.7 Å². The molecule has 3 rings (SSSR count). The van der Waals surface area contributed by atoms with Crippen LogP contribution in [0.4, 0.5) is 17.3 Å². The van der Waals surface area contributed by atoms with Crippen molar-refractivity contribution < 1.29 is 4.79 Å². The molecular weight excluding hydrogens is 368 g/mol. The van der Waals surface area contributed by atoms with Crippen molar-refractivity contribution in [2.24, 2.45) is 5.73 Å². The van der Waals surface area contributed by atoms with Gasteiger partial charge in [-0.15, -0.1) is 0 Å². The molecule has 3 aromatic rings. The Kier molecular flexibility index (Phi) is 6.39. The number of aromatic amines is 1. The number of nitrogens with zero attached hydrogens (tertiary/aromatic N) is 3. The molecule has 0 aliphatic rings. The Labute approximate surface area is 161 Å². The highest BCUT2D eigenvalue weighted by Gasteiger charge is 2.13. The molecule has 0 saturated heterocycles. The molecule has 2 aromatic heterocycles. The minimum Gasteiger partial charge on any atom is -0.368 e. The number of aromatic nitrogens is 4. The van der Waals surface area contributed by atoms with Crippen molar-refractivity contribution in [3.05, 3.63) is 35.6 Å². The summed E-state index contributed by atoms with van der Waals surface area (Å²) in [6, 6.07) is 7.39. The number of nitrogens with one attached hydrogen (secondary N) is 4. The van der Waals surface area contributed by atoms with E-state index in [0.717, 1.165) is 23.9 Å². The summed E-state index contributed by atoms with van der Waals surface area (Å²) < 4.78 is 0. The summed E-state index contributed by atoms with van der Waals surface area (Å²) in [5.74, 6) is 1.16. The molecule has 2 heterocycles. The van der Waals surface area contributed by atoms with E-state index >= 15 is 0 Å². The second-order valence-corrected chi connectivity index (χ2v) is 6.28. The number of carbonyl (C=O) groups is 1. The summed E-state index contributed by atoms with van der Waals surface area (Å²) in [5.41, 5.74) is 6.70. The maximum atomic E-state index is 11.1. The Morgan fingerprint density at radius 3 is 2.85 bits per heavy atom. The Hall–Kier alpha value is -2.91. The molecule has 27 heavy (non-hydrogen) atoms. The zero-order valence-corrected chi connectivity index (χ0v) is 15.4. The summed E-state index contributed by atoms with van der Waals surface area (Å²) in [6.45, 7) is 1.31. The van der Waals surface area contributed by atoms with E-state index in [2.05, 4.69) is 36.1 Å². The normalized spacial score (nSPS) is 10.7. The van der Waals surface area contributed by atoms with Gasteiger partial charge >= 0.3 is 0 Å². The van der Waals surface area contributed by atoms with Crippen molar-refractivity contribution >= 4 is 45.9 Å². The lowest BCUT2D eigenvalue weighted by molar-refractivity contribution is -0.119. The van der Waals surface area contributed by atoms with Crippen molar-refractivity contribution in [1.29, 1.82) is 0 Å². The Bertz CT molecular complexity index is 913. The van der Waals surface area contributed by atoms with Gasteiger partial charge in [-0.05, 0) is 31.0 Å². The number of amides is 1. The number of hydrogen-bond acceptors (Lipinski definition) is 7. The zero-order valence-electron chi connectivity index (χ0n) is 14.6. The van der Waals surface area contributed by atoms with Crippen LogP contribution < -0.4 is 21.7 Å². The third-order valence-corrected chi connectivity index (χ3v) is 4.08. The highest BCUT2D eigenvalue weighted by Crippen LogP contribution is 2.28. The number of halogens is 1. The second kappa shape index (κ2) is 9.15. The van der Waals surface area contributed by atoms with E-state index in [1.54, 1.807) is 0 Å². The van der Waals surface area contributed by atoms with Crippen LogP contribution in [0.2, 0.25) is 5.02 Å². The number of nitrogens with two attached hydrogens (primary N) is 1. The highest BCUT2D eigenvalue weighted by molar-refractivity contribution is 6.30. The van der Waals surface area contributed by atoms with Gasteiger partial charge in [0.15, 0.2) is 11.5 Å². The van der Waals surface area contributed by atoms with E-state index in [1.165, 1.54) is 6.33 Å². The average molecular weight is 389 g/mol. The molecule has 10 heteroatoms. The van der Waals surface area contributed by atoms with E-state index in [4.69, 9.17) is 17.3 Å². The van der Waals surface area contributed by atoms with Crippen molar-refractivity contribution in [3.63, 3.8) is 0 Å². The molecular formula is C17H21ClN8O. The average Bonchev–Trinajstić information content (AvgIpc) is 3.08. The SMILES string of the molecule is NCC(=O)NCCCCNc1n[nH]c2ncnc(Nc3cccc(Cl)c3)c12. The third kappa shape index (κ3) is 5.05. The number of unbranched alkanes of at least 4 members (excludes halogenated alkanes) is 1. The standard InChI is InChI=1S/C17H21ClN8O/c18-11-4-3-5-12(8-11)24-15-14-16(25-26-17(14)23-10-22-15)21-7-2-1-6-20-13(27)9-19/h3-5,8,10H,1-2,6-7,9,19H2,(H,20,27)(H3,21,22,23,24,25,26). The third-order valence-electron chi connectivity index (χ3n) is 3.85. The van der Waals surface area contributed by atoms with Crippen LogP contribution in [0.3, 0.4) is 0 Å². The van der Waals surface area contributed by atoms with E-state index in [-0.39, 0.29) is 12.5 Å². The van der Waals surface area contributed by atoms with E-state index < -0.39 is 0 Å². The van der Waals surface area contributed by atoms with E-state index in [1.807, 2.05) is 24.3 Å². The zero-order chi connectivity index (χ0) is 19.1. The van der Waals surface area contributed by atoms with Gasteiger partial charge in [-0.3, -0.25) is 9.89 Å². The summed E-state index contributed by atoms with van der Waals surface area (Å²) >= 11 is 6.04. The number of carbonyl (C=O) groups excluding carboxylic acids is 1. The number of hydrogen-bond donors (Lipinski definition) is 5. The van der Waals surface area contributed by atoms with Gasteiger partial charge in [-0.25, -0.2) is 9.97 Å². The fourth-order valence-electron chi connectivity index (χ4n) is 2.54. The summed E-state index contributed by atoms with van der Waals surface area (Å²) in [4.78, 5) is 19.6. The molecule has 0 aliphatic heterocycles. The second-order valence-electron chi connectivity index (χ2n) is 5.84. The lowest BCUT2D eigenvalue weighted by Crippen LogP contribution is -2.31. The largest absolute Gasteiger partial charge is 0.368 e. The molecule has 0 spiro atoms. The molecule has 0 fully saturated rings. The van der Waals surface area contributed by atoms with Crippen LogP contribution in [0.25, 0.3) is 11.0 Å². The Balaban J connectivity index is 1.63. The monoisotopic (exact) mass is 388 g/mol. The molecule has 0 radical (unpaired) electrons. The first-order valence-corrected chi connectivity index (χ1v) is 8.97. The van der Waals surface area contributed by atoms with Gasteiger partial charge in [-0.2, -0.15) is 5.10 Å². The number of H-pyrrole nitrogens is 1. The molecule has 0 aliphatic carbocycles. The molecule has 1 amide bonds. The number of benzene rings is 1. The molecule has 0 unspecified atom stereocenters. The number of anilines is 3. The maximum Gasteiger partial charge on any atom is 0.233 e. The first-order valence-electron chi connectivity index (χ1n) is 8.59. The van der Waals surface area contributed by atoms with Crippen molar-refractivity contribution in [2.75, 3.05) is 30.3 Å². The van der Waals surface area contributed by atoms with Gasteiger partial charge < -0.3 is 21.7 Å². The van der Waals surface area contributed by atoms with Crippen LogP contribution >= 0.6 is 11.6 Å². The van der Waals surface area contributed by atoms with Crippen LogP contribution in [0.1, 0.15) is 12.8 Å². The molecule has 0 saturated carbocycles. The highest BCUT2D eigenvalue weighted by atomic mass is 35.5. The van der Waals surface area contributed by atoms with Gasteiger partial charge in [0.1, 0.15) is 17.5 Å². The first kappa shape index (κ1) is 18.9. The predicted octanol–water partition coefficient (Wildman–Crippen LogP) is 2.02. The number of fused-ring (bicyclic) bond motifs is 1. The van der Waals surface area contributed by atoms with Crippen LogP contribution in [0, 0.1) is 0 Å². The minimum atomic E-state index is -0.143. The summed E-state index contributed by atoms with van der Waals surface area (Å²) in [7, 11) is 0.